The van der Waals surface area contributed by atoms with E-state index >= 15 is 0 Å². The SMILES string of the molecule is CCCCNC(=NCC(=O)N(C)C)NC1CCCC(C(F)(F)F)C1. The second-order valence-corrected chi connectivity index (χ2v) is 6.48. The Hall–Kier alpha value is -1.47. The lowest BCUT2D eigenvalue weighted by Crippen LogP contribution is -2.47. The standard InChI is InChI=1S/C16H29F3N4O/c1-4-5-9-20-15(21-11-14(24)23(2)3)22-13-8-6-7-12(10-13)16(17,18)19/h12-13H,4-11H2,1-3H3,(H2,20,21,22). The van der Waals surface area contributed by atoms with E-state index in [2.05, 4.69) is 22.5 Å². The Bertz CT molecular complexity index is 424. The lowest BCUT2D eigenvalue weighted by Gasteiger charge is -2.32. The Labute approximate surface area is 142 Å². The van der Waals surface area contributed by atoms with E-state index in [-0.39, 0.29) is 31.3 Å². The Morgan fingerprint density at radius 2 is 2.00 bits per heavy atom. The number of likely N-dealkylation sites (N-methyl/N-ethyl adjacent to an activating group) is 1. The quantitative estimate of drug-likeness (QED) is 0.440. The predicted molar refractivity (Wildman–Crippen MR) is 88.8 cm³/mol. The normalized spacial score (nSPS) is 22.2. The third kappa shape index (κ3) is 7.40. The maximum absolute atomic E-state index is 12.9. The van der Waals surface area contributed by atoms with Gasteiger partial charge in [0.15, 0.2) is 5.96 Å². The van der Waals surface area contributed by atoms with Crippen molar-refractivity contribution in [1.29, 1.82) is 0 Å². The van der Waals surface area contributed by atoms with Gasteiger partial charge in [0, 0.05) is 26.7 Å². The highest BCUT2D eigenvalue weighted by Gasteiger charge is 2.42. The molecule has 2 unspecified atom stereocenters. The smallest absolute Gasteiger partial charge is 0.356 e. The van der Waals surface area contributed by atoms with E-state index in [1.165, 1.54) is 4.90 Å². The molecule has 0 aromatic rings. The molecule has 1 aliphatic rings. The number of amides is 1. The molecule has 1 aliphatic carbocycles. The zero-order chi connectivity index (χ0) is 18.2. The molecule has 2 N–H and O–H groups in total. The van der Waals surface area contributed by atoms with Crippen LogP contribution in [0.1, 0.15) is 45.4 Å². The first kappa shape index (κ1) is 20.6. The van der Waals surface area contributed by atoms with Gasteiger partial charge < -0.3 is 15.5 Å². The van der Waals surface area contributed by atoms with Gasteiger partial charge in [0.25, 0.3) is 0 Å². The second kappa shape index (κ2) is 9.74. The van der Waals surface area contributed by atoms with Crippen LogP contribution < -0.4 is 10.6 Å². The molecule has 0 heterocycles. The number of guanidine groups is 1. The summed E-state index contributed by atoms with van der Waals surface area (Å²) < 4.78 is 38.8. The molecule has 1 amide bonds. The van der Waals surface area contributed by atoms with E-state index in [1.807, 2.05) is 0 Å². The number of hydrogen-bond acceptors (Lipinski definition) is 2. The van der Waals surface area contributed by atoms with E-state index in [1.54, 1.807) is 14.1 Å². The predicted octanol–water partition coefficient (Wildman–Crippen LogP) is 2.53. The average molecular weight is 350 g/mol. The molecule has 140 valence electrons. The fourth-order valence-electron chi connectivity index (χ4n) is 2.64. The number of halogens is 3. The number of unbranched alkanes of at least 4 members (excludes halogenated alkanes) is 1. The monoisotopic (exact) mass is 350 g/mol. The summed E-state index contributed by atoms with van der Waals surface area (Å²) >= 11 is 0. The first-order valence-corrected chi connectivity index (χ1v) is 8.55. The highest BCUT2D eigenvalue weighted by atomic mass is 19.4. The van der Waals surface area contributed by atoms with Crippen LogP contribution in [0.4, 0.5) is 13.2 Å². The van der Waals surface area contributed by atoms with Crippen LogP contribution in [0.3, 0.4) is 0 Å². The van der Waals surface area contributed by atoms with Gasteiger partial charge in [-0.15, -0.1) is 0 Å². The first-order valence-electron chi connectivity index (χ1n) is 8.55. The summed E-state index contributed by atoms with van der Waals surface area (Å²) in [5, 5.41) is 6.18. The minimum absolute atomic E-state index is 0.0239. The van der Waals surface area contributed by atoms with Gasteiger partial charge >= 0.3 is 6.18 Å². The number of nitrogens with one attached hydrogen (secondary N) is 2. The molecular weight excluding hydrogens is 321 g/mol. The summed E-state index contributed by atoms with van der Waals surface area (Å²) in [5.41, 5.74) is 0. The summed E-state index contributed by atoms with van der Waals surface area (Å²) in [7, 11) is 3.29. The lowest BCUT2D eigenvalue weighted by atomic mass is 9.85. The first-order chi connectivity index (χ1) is 11.2. The van der Waals surface area contributed by atoms with Crippen LogP contribution in [0.25, 0.3) is 0 Å². The summed E-state index contributed by atoms with van der Waals surface area (Å²) in [6.45, 7) is 2.70. The zero-order valence-corrected chi connectivity index (χ0v) is 14.7. The zero-order valence-electron chi connectivity index (χ0n) is 14.7. The molecule has 0 radical (unpaired) electrons. The van der Waals surface area contributed by atoms with Crippen molar-refractivity contribution >= 4 is 11.9 Å². The van der Waals surface area contributed by atoms with Gasteiger partial charge in [0.05, 0.1) is 5.92 Å². The summed E-state index contributed by atoms with van der Waals surface area (Å²) in [5.74, 6) is -0.987. The Morgan fingerprint density at radius 1 is 1.29 bits per heavy atom. The largest absolute Gasteiger partial charge is 0.391 e. The number of nitrogens with zero attached hydrogens (tertiary/aromatic N) is 2. The average Bonchev–Trinajstić information content (AvgIpc) is 2.51. The minimum atomic E-state index is -4.14. The molecular formula is C16H29F3N4O. The van der Waals surface area contributed by atoms with Crippen molar-refractivity contribution in [3.05, 3.63) is 0 Å². The molecule has 0 aromatic heterocycles. The van der Waals surface area contributed by atoms with Crippen molar-refractivity contribution in [1.82, 2.24) is 15.5 Å². The Balaban J connectivity index is 2.65. The number of alkyl halides is 3. The maximum atomic E-state index is 12.9. The minimum Gasteiger partial charge on any atom is -0.356 e. The van der Waals surface area contributed by atoms with Crippen molar-refractivity contribution in [3.8, 4) is 0 Å². The van der Waals surface area contributed by atoms with Gasteiger partial charge in [0.2, 0.25) is 5.91 Å². The summed E-state index contributed by atoms with van der Waals surface area (Å²) in [6.07, 6.45) is -0.748. The van der Waals surface area contributed by atoms with Crippen molar-refractivity contribution in [2.45, 2.75) is 57.7 Å². The van der Waals surface area contributed by atoms with Crippen molar-refractivity contribution < 1.29 is 18.0 Å². The second-order valence-electron chi connectivity index (χ2n) is 6.48. The van der Waals surface area contributed by atoms with Crippen LogP contribution >= 0.6 is 0 Å². The van der Waals surface area contributed by atoms with E-state index < -0.39 is 12.1 Å². The molecule has 5 nitrogen and oxygen atoms in total. The van der Waals surface area contributed by atoms with Gasteiger partial charge in [0.1, 0.15) is 6.54 Å². The molecule has 0 saturated heterocycles. The molecule has 1 rings (SSSR count). The summed E-state index contributed by atoms with van der Waals surface area (Å²) in [6, 6.07) is -0.271. The topological polar surface area (TPSA) is 56.7 Å². The molecule has 1 saturated carbocycles. The molecule has 24 heavy (non-hydrogen) atoms. The number of rotatable bonds is 6. The van der Waals surface area contributed by atoms with E-state index in [0.29, 0.717) is 25.3 Å². The van der Waals surface area contributed by atoms with Crippen molar-refractivity contribution in [2.24, 2.45) is 10.9 Å². The molecule has 0 aliphatic heterocycles. The van der Waals surface area contributed by atoms with Crippen LogP contribution in [-0.4, -0.2) is 56.2 Å². The van der Waals surface area contributed by atoms with Crippen LogP contribution in [-0.2, 0) is 4.79 Å². The maximum Gasteiger partial charge on any atom is 0.391 e. The Kier molecular flexibility index (Phi) is 8.35. The molecule has 0 bridgehead atoms. The van der Waals surface area contributed by atoms with Crippen molar-refractivity contribution in [3.63, 3.8) is 0 Å². The molecule has 2 atom stereocenters. The number of carbonyl (C=O) groups excluding carboxylic acids is 1. The van der Waals surface area contributed by atoms with Crippen LogP contribution in [0.15, 0.2) is 4.99 Å². The highest BCUT2D eigenvalue weighted by Crippen LogP contribution is 2.37. The Morgan fingerprint density at radius 3 is 2.58 bits per heavy atom. The highest BCUT2D eigenvalue weighted by molar-refractivity contribution is 5.84. The number of carbonyl (C=O) groups is 1. The van der Waals surface area contributed by atoms with Crippen molar-refractivity contribution in [2.75, 3.05) is 27.2 Å². The van der Waals surface area contributed by atoms with Crippen LogP contribution in [0.5, 0.6) is 0 Å². The third-order valence-electron chi connectivity index (χ3n) is 4.17. The van der Waals surface area contributed by atoms with E-state index in [4.69, 9.17) is 0 Å². The van der Waals surface area contributed by atoms with Gasteiger partial charge in [-0.2, -0.15) is 13.2 Å². The number of hydrogen-bond donors (Lipinski definition) is 2. The fraction of sp³-hybridized carbons (Fsp3) is 0.875. The van der Waals surface area contributed by atoms with Gasteiger partial charge in [-0.25, -0.2) is 4.99 Å². The summed E-state index contributed by atoms with van der Waals surface area (Å²) in [4.78, 5) is 17.3. The molecule has 0 aromatic carbocycles. The van der Waals surface area contributed by atoms with Gasteiger partial charge in [-0.3, -0.25) is 4.79 Å². The fourth-order valence-corrected chi connectivity index (χ4v) is 2.64. The number of aliphatic imine (C=N–C) groups is 1. The van der Waals surface area contributed by atoms with Crippen LogP contribution in [0, 0.1) is 5.92 Å². The van der Waals surface area contributed by atoms with Gasteiger partial charge in [-0.05, 0) is 25.7 Å². The molecule has 1 fully saturated rings. The van der Waals surface area contributed by atoms with Crippen LogP contribution in [0.2, 0.25) is 0 Å². The molecule has 8 heteroatoms. The molecule has 0 spiro atoms. The lowest BCUT2D eigenvalue weighted by molar-refractivity contribution is -0.183. The third-order valence-corrected chi connectivity index (χ3v) is 4.17. The van der Waals surface area contributed by atoms with E-state index in [9.17, 15) is 18.0 Å². The van der Waals surface area contributed by atoms with Gasteiger partial charge in [-0.1, -0.05) is 19.8 Å². The van der Waals surface area contributed by atoms with E-state index in [0.717, 1.165) is 12.8 Å².